The first-order valence-corrected chi connectivity index (χ1v) is 43.5. The minimum Gasteiger partial charge on any atom is -0.462 e. The van der Waals surface area contributed by atoms with Crippen molar-refractivity contribution in [3.63, 3.8) is 0 Å². The van der Waals surface area contributed by atoms with Crippen LogP contribution >= 0.6 is 15.6 Å². The van der Waals surface area contributed by atoms with Gasteiger partial charge >= 0.3 is 39.5 Å². The van der Waals surface area contributed by atoms with Crippen LogP contribution in [0.2, 0.25) is 0 Å². The molecule has 0 radical (unpaired) electrons. The van der Waals surface area contributed by atoms with Crippen molar-refractivity contribution in [2.24, 2.45) is 11.8 Å². The largest absolute Gasteiger partial charge is 0.472 e. The zero-order valence-corrected chi connectivity index (χ0v) is 65.2. The minimum absolute atomic E-state index is 0.103. The van der Waals surface area contributed by atoms with E-state index < -0.39 is 97.5 Å². The van der Waals surface area contributed by atoms with Gasteiger partial charge in [0.15, 0.2) is 12.2 Å². The third kappa shape index (κ3) is 72.2. The first kappa shape index (κ1) is 95.1. The monoisotopic (exact) mass is 1420 g/mol. The Kier molecular flexibility index (Phi) is 68.4. The number of hydrogen-bond donors (Lipinski definition) is 3. The fourth-order valence-corrected chi connectivity index (χ4v) is 13.6. The SMILES string of the molecule is CCCCCCCCCCCCCCCCCCCCCCCCC(=O)O[C@H](COC(=O)CCCCCCCCCCCCCCCCC)COP(=O)(O)OC[C@@H](O)COP(=O)(O)OC[C@@H](COC(=O)CCCCCCCCCC(C)C)OC(=O)CCCCCCCCCC(C)C. The average molecular weight is 1420 g/mol. The Bertz CT molecular complexity index is 1870. The van der Waals surface area contributed by atoms with Crippen molar-refractivity contribution in [2.75, 3.05) is 39.6 Å². The van der Waals surface area contributed by atoms with E-state index in [2.05, 4.69) is 41.5 Å². The van der Waals surface area contributed by atoms with Crippen LogP contribution in [0.3, 0.4) is 0 Å². The van der Waals surface area contributed by atoms with Gasteiger partial charge in [-0.05, 0) is 37.5 Å². The number of carbonyl (C=O) groups is 4. The summed E-state index contributed by atoms with van der Waals surface area (Å²) in [6.07, 6.45) is 58.7. The molecule has 0 aromatic carbocycles. The van der Waals surface area contributed by atoms with Crippen molar-refractivity contribution in [2.45, 2.75) is 426 Å². The van der Waals surface area contributed by atoms with Crippen molar-refractivity contribution >= 4 is 39.5 Å². The Morgan fingerprint density at radius 1 is 0.278 bits per heavy atom. The van der Waals surface area contributed by atoms with Gasteiger partial charge in [0.05, 0.1) is 26.4 Å². The third-order valence-corrected chi connectivity index (χ3v) is 20.1. The van der Waals surface area contributed by atoms with Gasteiger partial charge in [-0.1, -0.05) is 356 Å². The predicted octanol–water partition coefficient (Wildman–Crippen LogP) is 23.1. The second-order valence-corrected chi connectivity index (χ2v) is 32.0. The first-order chi connectivity index (χ1) is 46.9. The summed E-state index contributed by atoms with van der Waals surface area (Å²) in [6, 6.07) is 0. The maximum Gasteiger partial charge on any atom is 0.472 e. The summed E-state index contributed by atoms with van der Waals surface area (Å²) in [5.41, 5.74) is 0. The average Bonchev–Trinajstić information content (AvgIpc) is 1.12. The van der Waals surface area contributed by atoms with Gasteiger partial charge in [-0.2, -0.15) is 0 Å². The van der Waals surface area contributed by atoms with E-state index in [1.807, 2.05) is 0 Å². The van der Waals surface area contributed by atoms with Gasteiger partial charge in [-0.25, -0.2) is 9.13 Å². The molecule has 3 N–H and O–H groups in total. The van der Waals surface area contributed by atoms with E-state index in [4.69, 9.17) is 37.0 Å². The number of rotatable bonds is 77. The lowest BCUT2D eigenvalue weighted by molar-refractivity contribution is -0.161. The predicted molar refractivity (Wildman–Crippen MR) is 395 cm³/mol. The Morgan fingerprint density at radius 3 is 0.701 bits per heavy atom. The van der Waals surface area contributed by atoms with E-state index in [0.29, 0.717) is 37.5 Å². The van der Waals surface area contributed by atoms with E-state index in [1.165, 1.54) is 218 Å². The van der Waals surface area contributed by atoms with Gasteiger partial charge in [-0.15, -0.1) is 0 Å². The topological polar surface area (TPSA) is 237 Å². The van der Waals surface area contributed by atoms with Gasteiger partial charge < -0.3 is 33.8 Å². The standard InChI is InChI=1S/C78H152O17P2/c1-7-9-11-13-15-17-19-21-23-24-25-26-27-28-29-31-33-35-37-43-50-56-62-77(82)94-73(66-88-75(80)60-54-48-42-36-34-32-30-22-20-18-16-14-12-10-8-2)68-92-96(84,85)90-64-72(79)65-91-97(86,87)93-69-74(95-78(83)63-57-51-45-39-41-47-53-59-71(5)6)67-89-76(81)61-55-49-44-38-40-46-52-58-70(3)4/h70-74,79H,7-69H2,1-6H3,(H,84,85)(H,86,87)/t72-,73-,74-/m1/s1. The second kappa shape index (κ2) is 69.8. The molecular formula is C78H152O17P2. The summed E-state index contributed by atoms with van der Waals surface area (Å²) < 4.78 is 68.5. The first-order valence-electron chi connectivity index (χ1n) is 40.5. The quantitative estimate of drug-likeness (QED) is 0.0222. The summed E-state index contributed by atoms with van der Waals surface area (Å²) in [5.74, 6) is -0.717. The molecule has 2 unspecified atom stereocenters. The molecule has 17 nitrogen and oxygen atoms in total. The summed E-state index contributed by atoms with van der Waals surface area (Å²) in [6.45, 7) is 9.48. The van der Waals surface area contributed by atoms with E-state index in [-0.39, 0.29) is 25.7 Å². The van der Waals surface area contributed by atoms with Crippen molar-refractivity contribution in [3.8, 4) is 0 Å². The van der Waals surface area contributed by atoms with Crippen molar-refractivity contribution in [1.82, 2.24) is 0 Å². The molecule has 0 aromatic rings. The van der Waals surface area contributed by atoms with Gasteiger partial charge in [-0.3, -0.25) is 37.3 Å². The normalized spacial score (nSPS) is 14.0. The van der Waals surface area contributed by atoms with Crippen LogP contribution in [0.1, 0.15) is 408 Å². The van der Waals surface area contributed by atoms with Gasteiger partial charge in [0.25, 0.3) is 0 Å². The lowest BCUT2D eigenvalue weighted by atomic mass is 10.0. The number of hydrogen-bond acceptors (Lipinski definition) is 15. The molecule has 0 saturated heterocycles. The van der Waals surface area contributed by atoms with E-state index in [9.17, 15) is 43.2 Å². The van der Waals surface area contributed by atoms with Crippen LogP contribution in [0.5, 0.6) is 0 Å². The second-order valence-electron chi connectivity index (χ2n) is 29.1. The molecule has 0 bridgehead atoms. The highest BCUT2D eigenvalue weighted by molar-refractivity contribution is 7.47. The molecule has 0 aliphatic carbocycles. The Hall–Kier alpha value is -1.94. The van der Waals surface area contributed by atoms with Crippen LogP contribution in [0.4, 0.5) is 0 Å². The number of aliphatic hydroxyl groups excluding tert-OH is 1. The zero-order chi connectivity index (χ0) is 71.4. The number of phosphoric ester groups is 2. The zero-order valence-electron chi connectivity index (χ0n) is 63.4. The molecule has 0 amide bonds. The molecule has 97 heavy (non-hydrogen) atoms. The molecule has 0 saturated carbocycles. The maximum absolute atomic E-state index is 13.1. The van der Waals surface area contributed by atoms with Crippen molar-refractivity contribution < 1.29 is 80.2 Å². The summed E-state index contributed by atoms with van der Waals surface area (Å²) in [4.78, 5) is 72.8. The summed E-state index contributed by atoms with van der Waals surface area (Å²) in [5, 5.41) is 10.6. The Balaban J connectivity index is 5.18. The molecule has 0 heterocycles. The van der Waals surface area contributed by atoms with Crippen LogP contribution in [-0.2, 0) is 65.4 Å². The number of esters is 4. The molecule has 0 spiro atoms. The number of aliphatic hydroxyl groups is 1. The number of unbranched alkanes of at least 4 members (excludes halogenated alkanes) is 47. The Morgan fingerprint density at radius 2 is 0.474 bits per heavy atom. The number of ether oxygens (including phenoxy) is 4. The molecule has 0 rings (SSSR count). The molecule has 0 aliphatic rings. The van der Waals surface area contributed by atoms with E-state index >= 15 is 0 Å². The van der Waals surface area contributed by atoms with Crippen LogP contribution in [0, 0.1) is 11.8 Å². The molecule has 0 aliphatic heterocycles. The number of phosphoric acid groups is 2. The van der Waals surface area contributed by atoms with Crippen molar-refractivity contribution in [3.05, 3.63) is 0 Å². The smallest absolute Gasteiger partial charge is 0.462 e. The highest BCUT2D eigenvalue weighted by Gasteiger charge is 2.30. The van der Waals surface area contributed by atoms with Gasteiger partial charge in [0.2, 0.25) is 0 Å². The van der Waals surface area contributed by atoms with Crippen LogP contribution in [-0.4, -0.2) is 96.7 Å². The summed E-state index contributed by atoms with van der Waals surface area (Å²) >= 11 is 0. The Labute approximate surface area is 594 Å². The highest BCUT2D eigenvalue weighted by Crippen LogP contribution is 2.45. The highest BCUT2D eigenvalue weighted by atomic mass is 31.2. The van der Waals surface area contributed by atoms with Crippen LogP contribution in [0.25, 0.3) is 0 Å². The van der Waals surface area contributed by atoms with E-state index in [0.717, 1.165) is 96.3 Å². The lowest BCUT2D eigenvalue weighted by Gasteiger charge is -2.21. The van der Waals surface area contributed by atoms with Crippen LogP contribution in [0.15, 0.2) is 0 Å². The third-order valence-electron chi connectivity index (χ3n) is 18.2. The molecular weight excluding hydrogens is 1270 g/mol. The lowest BCUT2D eigenvalue weighted by Crippen LogP contribution is -2.30. The number of carbonyl (C=O) groups excluding carboxylic acids is 4. The molecule has 576 valence electrons. The molecule has 0 aromatic heterocycles. The molecule has 0 fully saturated rings. The molecule has 19 heteroatoms. The van der Waals surface area contributed by atoms with E-state index in [1.54, 1.807) is 0 Å². The minimum atomic E-state index is -4.96. The summed E-state index contributed by atoms with van der Waals surface area (Å²) in [7, 11) is -9.91. The molecule has 5 atom stereocenters. The van der Waals surface area contributed by atoms with Gasteiger partial charge in [0, 0.05) is 25.7 Å². The fraction of sp³-hybridized carbons (Fsp3) is 0.949. The van der Waals surface area contributed by atoms with Crippen molar-refractivity contribution in [1.29, 1.82) is 0 Å². The van der Waals surface area contributed by atoms with Gasteiger partial charge in [0.1, 0.15) is 19.3 Å². The maximum atomic E-state index is 13.1. The van der Waals surface area contributed by atoms with Crippen LogP contribution < -0.4 is 0 Å². The fourth-order valence-electron chi connectivity index (χ4n) is 12.0.